The highest BCUT2D eigenvalue weighted by Crippen LogP contribution is 2.40. The lowest BCUT2D eigenvalue weighted by Gasteiger charge is -2.30. The lowest BCUT2D eigenvalue weighted by molar-refractivity contribution is -0.0647. The molecule has 0 saturated heterocycles. The normalized spacial score (nSPS) is 27.7. The summed E-state index contributed by atoms with van der Waals surface area (Å²) in [5.74, 6) is 1.34. The van der Waals surface area contributed by atoms with Crippen LogP contribution < -0.4 is 10.6 Å². The van der Waals surface area contributed by atoms with E-state index in [0.717, 1.165) is 33.0 Å². The van der Waals surface area contributed by atoms with Crippen molar-refractivity contribution in [3.05, 3.63) is 24.2 Å². The number of fused-ring (bicyclic) bond motifs is 1. The van der Waals surface area contributed by atoms with E-state index in [2.05, 4.69) is 20.6 Å². The molecule has 3 aromatic heterocycles. The molecule has 0 bridgehead atoms. The second kappa shape index (κ2) is 8.18. The number of nitrogens with zero attached hydrogens (tertiary/aromatic N) is 4. The monoisotopic (exact) mass is 456 g/mol. The number of aliphatic hydroxyl groups excluding tert-OH is 2. The van der Waals surface area contributed by atoms with Crippen molar-refractivity contribution in [2.45, 2.75) is 50.9 Å². The van der Waals surface area contributed by atoms with Crippen molar-refractivity contribution in [2.75, 3.05) is 23.8 Å². The van der Waals surface area contributed by atoms with Gasteiger partial charge in [-0.2, -0.15) is 4.98 Å². The molecule has 0 aliphatic heterocycles. The molecule has 170 valence electrons. The van der Waals surface area contributed by atoms with Crippen LogP contribution in [0, 0.1) is 18.8 Å². The molecule has 2 aliphatic carbocycles. The number of aliphatic hydroxyl groups is 3. The summed E-state index contributed by atoms with van der Waals surface area (Å²) in [6.07, 6.45) is 5.30. The van der Waals surface area contributed by atoms with Crippen molar-refractivity contribution >= 4 is 33.3 Å². The van der Waals surface area contributed by atoms with E-state index in [9.17, 15) is 15.3 Å². The second-order valence-electron chi connectivity index (χ2n) is 9.09. The summed E-state index contributed by atoms with van der Waals surface area (Å²) in [7, 11) is 0. The van der Waals surface area contributed by atoms with Crippen molar-refractivity contribution < 1.29 is 15.3 Å². The maximum atomic E-state index is 11.0. The Hall–Kier alpha value is -2.40. The minimum atomic E-state index is -1.41. The largest absolute Gasteiger partial charge is 0.396 e. The van der Waals surface area contributed by atoms with Crippen LogP contribution in [0.2, 0.25) is 0 Å². The topological polar surface area (TPSA) is 136 Å². The quantitative estimate of drug-likeness (QED) is 0.362. The van der Waals surface area contributed by atoms with Crippen LogP contribution in [0.25, 0.3) is 20.8 Å². The maximum absolute atomic E-state index is 11.0. The van der Waals surface area contributed by atoms with E-state index in [4.69, 9.17) is 9.97 Å². The summed E-state index contributed by atoms with van der Waals surface area (Å²) in [5.41, 5.74) is 0.922. The number of aryl methyl sites for hydroxylation is 1. The van der Waals surface area contributed by atoms with Gasteiger partial charge >= 0.3 is 0 Å². The zero-order valence-corrected chi connectivity index (χ0v) is 18.9. The van der Waals surface area contributed by atoms with Crippen LogP contribution >= 0.6 is 11.3 Å². The van der Waals surface area contributed by atoms with Gasteiger partial charge in [-0.1, -0.05) is 0 Å². The first kappa shape index (κ1) is 21.4. The fourth-order valence-electron chi connectivity index (χ4n) is 4.36. The Kier molecular flexibility index (Phi) is 5.48. The van der Waals surface area contributed by atoms with E-state index in [0.29, 0.717) is 24.1 Å². The van der Waals surface area contributed by atoms with Crippen LogP contribution in [0.15, 0.2) is 18.5 Å². The molecule has 3 heterocycles. The number of pyridine rings is 1. The van der Waals surface area contributed by atoms with Crippen LogP contribution in [0.1, 0.15) is 31.9 Å². The standard InChI is InChI=1S/C22H28N6O3S/c1-11-17(20-26-14-9-23-6-5-15(14)32-20)19(28-21(25-11)24-8-12-3-4-12)27-16-7-13(10-29)18(30)22(16,2)31/h5-6,9,12-13,16,18,29-31H,3-4,7-8,10H2,1-2H3,(H2,24,25,27,28)/t13-,16?,18-,22?/m1/s1. The number of hydrogen-bond acceptors (Lipinski definition) is 10. The van der Waals surface area contributed by atoms with Gasteiger partial charge in [-0.3, -0.25) is 4.98 Å². The summed E-state index contributed by atoms with van der Waals surface area (Å²) in [4.78, 5) is 18.3. The van der Waals surface area contributed by atoms with Gasteiger partial charge in [-0.15, -0.1) is 11.3 Å². The molecular weight excluding hydrogens is 428 g/mol. The minimum Gasteiger partial charge on any atom is -0.396 e. The summed E-state index contributed by atoms with van der Waals surface area (Å²) < 4.78 is 1.01. The highest BCUT2D eigenvalue weighted by atomic mass is 32.1. The average Bonchev–Trinajstić information content (AvgIpc) is 3.46. The van der Waals surface area contributed by atoms with Gasteiger partial charge in [0.25, 0.3) is 0 Å². The molecule has 10 heteroatoms. The fourth-order valence-corrected chi connectivity index (χ4v) is 5.39. The highest BCUT2D eigenvalue weighted by Gasteiger charge is 2.50. The van der Waals surface area contributed by atoms with E-state index >= 15 is 0 Å². The van der Waals surface area contributed by atoms with Gasteiger partial charge in [0.15, 0.2) is 0 Å². The molecule has 5 N–H and O–H groups in total. The Morgan fingerprint density at radius 1 is 1.25 bits per heavy atom. The van der Waals surface area contributed by atoms with Crippen LogP contribution in [0.4, 0.5) is 11.8 Å². The number of rotatable bonds is 7. The summed E-state index contributed by atoms with van der Waals surface area (Å²) in [6, 6.07) is 1.44. The Labute approximate surface area is 190 Å². The Bertz CT molecular complexity index is 1100. The predicted molar refractivity (Wildman–Crippen MR) is 124 cm³/mol. The number of aromatic nitrogens is 4. The molecule has 0 aromatic carbocycles. The van der Waals surface area contributed by atoms with Crippen molar-refractivity contribution in [1.29, 1.82) is 0 Å². The summed E-state index contributed by atoms with van der Waals surface area (Å²) >= 11 is 1.53. The van der Waals surface area contributed by atoms with Gasteiger partial charge in [0, 0.05) is 25.3 Å². The van der Waals surface area contributed by atoms with Crippen LogP contribution in [-0.4, -0.2) is 66.2 Å². The predicted octanol–water partition coefficient (Wildman–Crippen LogP) is 2.18. The molecule has 4 atom stereocenters. The molecule has 0 radical (unpaired) electrons. The van der Waals surface area contributed by atoms with E-state index in [1.54, 1.807) is 19.3 Å². The van der Waals surface area contributed by atoms with Crippen molar-refractivity contribution in [3.8, 4) is 10.6 Å². The van der Waals surface area contributed by atoms with Gasteiger partial charge in [0.2, 0.25) is 5.95 Å². The zero-order valence-electron chi connectivity index (χ0n) is 18.1. The molecule has 2 saturated carbocycles. The summed E-state index contributed by atoms with van der Waals surface area (Å²) in [6.45, 7) is 4.16. The lowest BCUT2D eigenvalue weighted by Crippen LogP contribution is -2.48. The number of anilines is 2. The van der Waals surface area contributed by atoms with Crippen LogP contribution in [0.3, 0.4) is 0 Å². The van der Waals surface area contributed by atoms with Gasteiger partial charge < -0.3 is 26.0 Å². The third kappa shape index (κ3) is 3.92. The number of hydrogen-bond donors (Lipinski definition) is 5. The van der Waals surface area contributed by atoms with Crippen molar-refractivity contribution in [1.82, 2.24) is 19.9 Å². The Balaban J connectivity index is 1.54. The number of nitrogens with one attached hydrogen (secondary N) is 2. The zero-order chi connectivity index (χ0) is 22.5. The smallest absolute Gasteiger partial charge is 0.224 e. The third-order valence-corrected chi connectivity index (χ3v) is 7.63. The van der Waals surface area contributed by atoms with Gasteiger partial charge in [-0.05, 0) is 45.1 Å². The van der Waals surface area contributed by atoms with E-state index < -0.39 is 23.7 Å². The molecule has 5 rings (SSSR count). The molecule has 0 amide bonds. The van der Waals surface area contributed by atoms with Crippen molar-refractivity contribution in [3.63, 3.8) is 0 Å². The Morgan fingerprint density at radius 2 is 2.06 bits per heavy atom. The second-order valence-corrected chi connectivity index (χ2v) is 10.1. The van der Waals surface area contributed by atoms with E-state index in [-0.39, 0.29) is 6.61 Å². The van der Waals surface area contributed by atoms with E-state index in [1.807, 2.05) is 13.0 Å². The fraction of sp³-hybridized carbons (Fsp3) is 0.545. The van der Waals surface area contributed by atoms with Crippen LogP contribution in [0.5, 0.6) is 0 Å². The minimum absolute atomic E-state index is 0.190. The lowest BCUT2D eigenvalue weighted by atomic mass is 9.96. The first-order valence-corrected chi connectivity index (χ1v) is 11.8. The molecule has 3 aromatic rings. The van der Waals surface area contributed by atoms with Crippen LogP contribution in [-0.2, 0) is 0 Å². The molecule has 2 fully saturated rings. The van der Waals surface area contributed by atoms with Gasteiger partial charge in [-0.25, -0.2) is 9.97 Å². The maximum Gasteiger partial charge on any atom is 0.224 e. The molecule has 32 heavy (non-hydrogen) atoms. The number of thiazole rings is 1. The molecule has 0 spiro atoms. The van der Waals surface area contributed by atoms with Gasteiger partial charge in [0.1, 0.15) is 21.9 Å². The molecular formula is C22H28N6O3S. The first-order chi connectivity index (χ1) is 15.4. The molecule has 2 unspecified atom stereocenters. The molecule has 9 nitrogen and oxygen atoms in total. The third-order valence-electron chi connectivity index (χ3n) is 6.57. The first-order valence-electron chi connectivity index (χ1n) is 11.0. The SMILES string of the molecule is Cc1nc(NCC2CC2)nc(NC2C[C@H](CO)[C@@H](O)C2(C)O)c1-c1nc2cnccc2s1. The summed E-state index contributed by atoms with van der Waals surface area (Å²) in [5, 5.41) is 38.6. The van der Waals surface area contributed by atoms with Gasteiger partial charge in [0.05, 0.1) is 34.3 Å². The average molecular weight is 457 g/mol. The highest BCUT2D eigenvalue weighted by molar-refractivity contribution is 7.21. The molecule has 2 aliphatic rings. The van der Waals surface area contributed by atoms with E-state index in [1.165, 1.54) is 24.2 Å². The Morgan fingerprint density at radius 3 is 2.75 bits per heavy atom. The van der Waals surface area contributed by atoms with Crippen molar-refractivity contribution in [2.24, 2.45) is 11.8 Å².